The molecule has 0 spiro atoms. The minimum atomic E-state index is 0.0185. The van der Waals surface area contributed by atoms with E-state index in [0.29, 0.717) is 17.9 Å². The van der Waals surface area contributed by atoms with E-state index in [1.165, 1.54) is 16.9 Å². The molecule has 0 radical (unpaired) electrons. The molecule has 0 unspecified atom stereocenters. The summed E-state index contributed by atoms with van der Waals surface area (Å²) in [5.41, 5.74) is 3.14. The van der Waals surface area contributed by atoms with Gasteiger partial charge in [0.2, 0.25) is 0 Å². The van der Waals surface area contributed by atoms with Gasteiger partial charge in [0.1, 0.15) is 4.53 Å². The van der Waals surface area contributed by atoms with Crippen molar-refractivity contribution < 1.29 is 4.99 Å². The highest BCUT2D eigenvalue weighted by Crippen LogP contribution is 2.14. The van der Waals surface area contributed by atoms with Gasteiger partial charge in [0.25, 0.3) is 0 Å². The molecule has 1 aliphatic rings. The Morgan fingerprint density at radius 1 is 1.21 bits per heavy atom. The summed E-state index contributed by atoms with van der Waals surface area (Å²) < 4.78 is 2.48. The van der Waals surface area contributed by atoms with Gasteiger partial charge in [-0.3, -0.25) is 9.88 Å². The minimum absolute atomic E-state index is 0.0185. The predicted octanol–water partition coefficient (Wildman–Crippen LogP) is -0.423. The molecule has 1 aromatic carbocycles. The van der Waals surface area contributed by atoms with Crippen LogP contribution >= 0.6 is 11.3 Å². The molecule has 0 fully saturated rings. The zero-order valence-electron chi connectivity index (χ0n) is 13.3. The fourth-order valence-corrected chi connectivity index (χ4v) is 3.66. The number of nitrogens with zero attached hydrogens (tertiary/aromatic N) is 3. The normalized spacial score (nSPS) is 14.4. The summed E-state index contributed by atoms with van der Waals surface area (Å²) in [6, 6.07) is 14.0. The molecule has 3 aromatic rings. The maximum Gasteiger partial charge on any atom is 0.353 e. The monoisotopic (exact) mass is 337 g/mol. The lowest BCUT2D eigenvalue weighted by atomic mass is 10.2. The van der Waals surface area contributed by atoms with E-state index >= 15 is 0 Å². The molecule has 0 amide bonds. The van der Waals surface area contributed by atoms with Crippen molar-refractivity contribution in [2.24, 2.45) is 0 Å². The summed E-state index contributed by atoms with van der Waals surface area (Å²) in [6.07, 6.45) is 3.57. The number of rotatable bonds is 2. The standard InChI is InChI=1S/C18H16N4OS/c1-13-5-7-15(8-6-13)21-11-20-18-22(12-21)17(23)16(24-18)10-14-4-2-3-9-19-14/h2-10H,11-12H2,1H3/p+1. The van der Waals surface area contributed by atoms with Crippen molar-refractivity contribution in [3.8, 4) is 0 Å². The second kappa shape index (κ2) is 6.05. The second-order valence-corrected chi connectivity index (χ2v) is 6.79. The zero-order chi connectivity index (χ0) is 16.5. The van der Waals surface area contributed by atoms with Crippen LogP contribution in [0.5, 0.6) is 0 Å². The Balaban J connectivity index is 1.71. The van der Waals surface area contributed by atoms with Crippen LogP contribution in [0.3, 0.4) is 0 Å². The first-order chi connectivity index (χ1) is 11.7. The highest BCUT2D eigenvalue weighted by molar-refractivity contribution is 7.06. The molecule has 3 heterocycles. The third kappa shape index (κ3) is 2.76. The highest BCUT2D eigenvalue weighted by Gasteiger charge is 2.21. The molecule has 1 aliphatic heterocycles. The Kier molecular flexibility index (Phi) is 3.74. The van der Waals surface area contributed by atoms with Crippen molar-refractivity contribution in [2.45, 2.75) is 13.6 Å². The smallest absolute Gasteiger partial charge is 0.299 e. The zero-order valence-corrected chi connectivity index (χ0v) is 14.1. The van der Waals surface area contributed by atoms with E-state index in [4.69, 9.17) is 0 Å². The van der Waals surface area contributed by atoms with E-state index in [-0.39, 0.29) is 5.56 Å². The van der Waals surface area contributed by atoms with Gasteiger partial charge in [0.15, 0.2) is 13.3 Å². The van der Waals surface area contributed by atoms with Crippen LogP contribution in [0.15, 0.2) is 53.5 Å². The molecule has 0 saturated heterocycles. The number of hydrogen-bond donors (Lipinski definition) is 1. The molecular formula is C18H17N4OS+. The van der Waals surface area contributed by atoms with E-state index in [9.17, 15) is 4.79 Å². The molecule has 2 aromatic heterocycles. The number of aryl methyl sites for hydroxylation is 1. The van der Waals surface area contributed by atoms with Gasteiger partial charge < -0.3 is 0 Å². The molecule has 0 aliphatic carbocycles. The summed E-state index contributed by atoms with van der Waals surface area (Å²) in [5.74, 6) is 0. The Morgan fingerprint density at radius 2 is 2.04 bits per heavy atom. The topological polar surface area (TPSA) is 52.1 Å². The molecule has 24 heavy (non-hydrogen) atoms. The van der Waals surface area contributed by atoms with Crippen LogP contribution in [-0.4, -0.2) is 16.2 Å². The largest absolute Gasteiger partial charge is 0.353 e. The Bertz CT molecular complexity index is 1040. The van der Waals surface area contributed by atoms with Crippen molar-refractivity contribution in [1.82, 2.24) is 9.55 Å². The first-order valence-electron chi connectivity index (χ1n) is 7.75. The number of anilines is 1. The highest BCUT2D eigenvalue weighted by atomic mass is 32.1. The fourth-order valence-electron chi connectivity index (χ4n) is 2.69. The Hall–Kier alpha value is -2.73. The van der Waals surface area contributed by atoms with E-state index in [0.717, 1.165) is 16.2 Å². The number of hydrogen-bond acceptors (Lipinski definition) is 4. The molecule has 4 rings (SSSR count). The van der Waals surface area contributed by atoms with Crippen LogP contribution < -0.4 is 24.8 Å². The minimum Gasteiger partial charge on any atom is -0.299 e. The third-order valence-corrected chi connectivity index (χ3v) is 5.08. The van der Waals surface area contributed by atoms with Crippen molar-refractivity contribution in [1.29, 1.82) is 0 Å². The molecule has 0 saturated carbocycles. The average molecular weight is 337 g/mol. The molecule has 0 bridgehead atoms. The van der Waals surface area contributed by atoms with Gasteiger partial charge in [-0.05, 0) is 48.6 Å². The van der Waals surface area contributed by atoms with Crippen molar-refractivity contribution >= 4 is 23.1 Å². The molecular weight excluding hydrogens is 320 g/mol. The van der Waals surface area contributed by atoms with Gasteiger partial charge in [-0.2, -0.15) is 4.57 Å². The lowest BCUT2D eigenvalue weighted by molar-refractivity contribution is -0.507. The average Bonchev–Trinajstić information content (AvgIpc) is 2.92. The summed E-state index contributed by atoms with van der Waals surface area (Å²) >= 11 is 1.47. The molecule has 5 nitrogen and oxygen atoms in total. The number of thiazole rings is 1. The van der Waals surface area contributed by atoms with Gasteiger partial charge in [0, 0.05) is 11.9 Å². The second-order valence-electron chi connectivity index (χ2n) is 5.76. The quantitative estimate of drug-likeness (QED) is 0.691. The number of aromatic nitrogens is 2. The van der Waals surface area contributed by atoms with Gasteiger partial charge in [-0.15, -0.1) is 0 Å². The number of fused-ring (bicyclic) bond motifs is 1. The fraction of sp³-hybridized carbons (Fsp3) is 0.167. The van der Waals surface area contributed by atoms with Gasteiger partial charge >= 0.3 is 10.4 Å². The molecule has 6 heteroatoms. The maximum absolute atomic E-state index is 12.7. The van der Waals surface area contributed by atoms with Crippen molar-refractivity contribution in [3.05, 3.63) is 79.6 Å². The van der Waals surface area contributed by atoms with Crippen molar-refractivity contribution in [2.75, 3.05) is 11.6 Å². The molecule has 120 valence electrons. The first-order valence-corrected chi connectivity index (χ1v) is 8.57. The Labute approximate surface area is 142 Å². The molecule has 0 atom stereocenters. The summed E-state index contributed by atoms with van der Waals surface area (Å²) in [4.78, 5) is 23.3. The van der Waals surface area contributed by atoms with Gasteiger partial charge in [-0.1, -0.05) is 23.8 Å². The van der Waals surface area contributed by atoms with E-state index in [1.807, 2.05) is 24.3 Å². The Morgan fingerprint density at radius 3 is 2.79 bits per heavy atom. The van der Waals surface area contributed by atoms with Crippen LogP contribution in [0.4, 0.5) is 5.69 Å². The first kappa shape index (κ1) is 14.8. The van der Waals surface area contributed by atoms with E-state index in [1.54, 1.807) is 10.8 Å². The number of nitrogens with one attached hydrogen (secondary N) is 1. The van der Waals surface area contributed by atoms with Crippen LogP contribution in [0.25, 0.3) is 6.08 Å². The predicted molar refractivity (Wildman–Crippen MR) is 94.2 cm³/mol. The third-order valence-electron chi connectivity index (χ3n) is 4.01. The SMILES string of the molecule is Cc1ccc(N2C[NH+]=c3sc(=Cc4ccccn4)c(=O)n3C2)cc1. The maximum atomic E-state index is 12.7. The van der Waals surface area contributed by atoms with E-state index < -0.39 is 0 Å². The van der Waals surface area contributed by atoms with Crippen LogP contribution in [-0.2, 0) is 6.67 Å². The summed E-state index contributed by atoms with van der Waals surface area (Å²) in [7, 11) is 0. The van der Waals surface area contributed by atoms with Gasteiger partial charge in [-0.25, -0.2) is 9.79 Å². The van der Waals surface area contributed by atoms with Gasteiger partial charge in [0.05, 0.1) is 5.69 Å². The summed E-state index contributed by atoms with van der Waals surface area (Å²) in [5, 5.41) is 0. The number of pyridine rings is 1. The van der Waals surface area contributed by atoms with Crippen LogP contribution in [0.2, 0.25) is 0 Å². The van der Waals surface area contributed by atoms with E-state index in [2.05, 4.69) is 46.1 Å². The lowest BCUT2D eigenvalue weighted by Crippen LogP contribution is -2.84. The van der Waals surface area contributed by atoms with Crippen molar-refractivity contribution in [3.63, 3.8) is 0 Å². The summed E-state index contributed by atoms with van der Waals surface area (Å²) in [6.45, 7) is 3.31. The molecule has 1 N–H and O–H groups in total. The lowest BCUT2D eigenvalue weighted by Gasteiger charge is -2.21. The van der Waals surface area contributed by atoms with Crippen LogP contribution in [0.1, 0.15) is 11.3 Å². The van der Waals surface area contributed by atoms with Crippen LogP contribution in [0, 0.1) is 6.92 Å². The number of benzene rings is 1.